The van der Waals surface area contributed by atoms with Crippen LogP contribution in [0.15, 0.2) is 15.8 Å². The number of nitrogens with zero attached hydrogens (tertiary/aromatic N) is 2. The van der Waals surface area contributed by atoms with Crippen molar-refractivity contribution in [2.45, 2.75) is 49.9 Å². The summed E-state index contributed by atoms with van der Waals surface area (Å²) in [5, 5.41) is 11.4. The Labute approximate surface area is 139 Å². The molecule has 2 heterocycles. The van der Waals surface area contributed by atoms with Gasteiger partial charge in [-0.25, -0.2) is 10.4 Å². The Balaban J connectivity index is 1.77. The molecule has 4 N–H and O–H groups in total. The number of allylic oxidation sites excluding steroid dienone is 1. The molecule has 1 saturated heterocycles. The van der Waals surface area contributed by atoms with E-state index in [1.54, 1.807) is 0 Å². The lowest BCUT2D eigenvalue weighted by molar-refractivity contribution is -0.161. The highest BCUT2D eigenvalue weighted by Gasteiger charge is 2.54. The Morgan fingerprint density at radius 1 is 1.50 bits per heavy atom. The third-order valence-electron chi connectivity index (χ3n) is 4.12. The Morgan fingerprint density at radius 3 is 2.86 bits per heavy atom. The topological polar surface area (TPSA) is 92.3 Å². The van der Waals surface area contributed by atoms with E-state index in [9.17, 15) is 5.11 Å². The van der Waals surface area contributed by atoms with Gasteiger partial charge in [0, 0.05) is 12.5 Å². The van der Waals surface area contributed by atoms with Crippen molar-refractivity contribution in [3.8, 4) is 0 Å². The van der Waals surface area contributed by atoms with E-state index in [1.807, 2.05) is 13.8 Å². The van der Waals surface area contributed by atoms with Gasteiger partial charge in [0.1, 0.15) is 11.3 Å². The zero-order valence-corrected chi connectivity index (χ0v) is 13.9. The van der Waals surface area contributed by atoms with Crippen molar-refractivity contribution in [2.75, 3.05) is 6.61 Å². The van der Waals surface area contributed by atoms with Crippen LogP contribution in [0.4, 0.5) is 0 Å². The average Bonchev–Trinajstić information content (AvgIpc) is 2.93. The summed E-state index contributed by atoms with van der Waals surface area (Å²) in [6.07, 6.45) is 1.74. The number of aliphatic imine (C=N–C) groups is 1. The highest BCUT2D eigenvalue weighted by atomic mass is 35.5. The van der Waals surface area contributed by atoms with Gasteiger partial charge in [-0.15, -0.1) is 0 Å². The minimum atomic E-state index is -0.693. The standard InChI is InChI=1S/C13H20Cl2N4O3/c1-13(2)21-9-6(5-20)3-8(10(9)22-13)18-19-11(14)7(16)4-17-12(19)15/h4,6,8-10,12,18,20H,3,5,16H2,1-2H3/t6-,8-,9-,10+,12?/m1/s1. The number of nitrogens with one attached hydrogen (secondary N) is 1. The van der Waals surface area contributed by atoms with E-state index in [0.717, 1.165) is 0 Å². The van der Waals surface area contributed by atoms with Crippen molar-refractivity contribution in [1.82, 2.24) is 10.4 Å². The van der Waals surface area contributed by atoms with Crippen LogP contribution in [-0.4, -0.2) is 52.6 Å². The number of hydrazine groups is 1. The predicted molar refractivity (Wildman–Crippen MR) is 83.0 cm³/mol. The average molecular weight is 351 g/mol. The quantitative estimate of drug-likeness (QED) is 0.511. The number of ether oxygens (including phenoxy) is 2. The first-order valence-corrected chi connectivity index (χ1v) is 7.98. The first kappa shape index (κ1) is 16.3. The van der Waals surface area contributed by atoms with Gasteiger partial charge in [-0.1, -0.05) is 23.2 Å². The minimum Gasteiger partial charge on any atom is -0.396 e. The molecule has 3 rings (SSSR count). The van der Waals surface area contributed by atoms with Crippen molar-refractivity contribution in [1.29, 1.82) is 0 Å². The first-order chi connectivity index (χ1) is 10.3. The Kier molecular flexibility index (Phi) is 4.30. The normalized spacial score (nSPS) is 40.4. The van der Waals surface area contributed by atoms with Crippen LogP contribution in [0.3, 0.4) is 0 Å². The molecule has 3 aliphatic rings. The lowest BCUT2D eigenvalue weighted by Crippen LogP contribution is -2.52. The monoisotopic (exact) mass is 350 g/mol. The van der Waals surface area contributed by atoms with E-state index in [-0.39, 0.29) is 35.9 Å². The van der Waals surface area contributed by atoms with E-state index in [0.29, 0.717) is 12.1 Å². The fraction of sp³-hybridized carbons (Fsp3) is 0.769. The number of halogens is 2. The van der Waals surface area contributed by atoms with Crippen LogP contribution in [0, 0.1) is 5.92 Å². The second-order valence-electron chi connectivity index (χ2n) is 6.18. The Hall–Kier alpha value is -0.570. The molecule has 5 atom stereocenters. The summed E-state index contributed by atoms with van der Waals surface area (Å²) in [7, 11) is 0. The third kappa shape index (κ3) is 2.81. The number of hydrogen-bond acceptors (Lipinski definition) is 7. The molecule has 2 aliphatic heterocycles. The molecule has 0 spiro atoms. The van der Waals surface area contributed by atoms with Crippen LogP contribution in [0.1, 0.15) is 20.3 Å². The number of fused-ring (bicyclic) bond motifs is 1. The number of rotatable bonds is 3. The molecular formula is C13H20Cl2N4O3. The van der Waals surface area contributed by atoms with Crippen LogP contribution in [0.2, 0.25) is 0 Å². The van der Waals surface area contributed by atoms with Gasteiger partial charge in [0.25, 0.3) is 0 Å². The number of nitrogens with two attached hydrogens (primary N) is 1. The largest absolute Gasteiger partial charge is 0.396 e. The maximum Gasteiger partial charge on any atom is 0.211 e. The zero-order chi connectivity index (χ0) is 16.1. The van der Waals surface area contributed by atoms with E-state index < -0.39 is 11.4 Å². The lowest BCUT2D eigenvalue weighted by atomic mass is 10.1. The third-order valence-corrected chi connectivity index (χ3v) is 4.83. The van der Waals surface area contributed by atoms with Gasteiger partial charge in [0.2, 0.25) is 5.62 Å². The van der Waals surface area contributed by atoms with Crippen molar-refractivity contribution >= 4 is 29.4 Å². The molecule has 0 bridgehead atoms. The number of alkyl halides is 1. The Bertz CT molecular complexity index is 514. The first-order valence-electron chi connectivity index (χ1n) is 7.17. The molecule has 1 saturated carbocycles. The summed E-state index contributed by atoms with van der Waals surface area (Å²) in [5.41, 5.74) is 8.64. The molecule has 1 aliphatic carbocycles. The molecule has 0 radical (unpaired) electrons. The smallest absolute Gasteiger partial charge is 0.211 e. The second-order valence-corrected chi connectivity index (χ2v) is 6.93. The summed E-state index contributed by atoms with van der Waals surface area (Å²) in [6.45, 7) is 3.75. The highest BCUT2D eigenvalue weighted by Crippen LogP contribution is 2.42. The van der Waals surface area contributed by atoms with E-state index in [1.165, 1.54) is 11.2 Å². The predicted octanol–water partition coefficient (Wildman–Crippen LogP) is 0.667. The van der Waals surface area contributed by atoms with Crippen LogP contribution in [-0.2, 0) is 9.47 Å². The summed E-state index contributed by atoms with van der Waals surface area (Å²) in [6, 6.07) is -0.111. The van der Waals surface area contributed by atoms with Crippen LogP contribution in [0.25, 0.3) is 0 Å². The van der Waals surface area contributed by atoms with Crippen LogP contribution >= 0.6 is 23.2 Å². The molecule has 2 fully saturated rings. The van der Waals surface area contributed by atoms with Crippen LogP contribution in [0.5, 0.6) is 0 Å². The zero-order valence-electron chi connectivity index (χ0n) is 12.4. The Morgan fingerprint density at radius 2 is 2.18 bits per heavy atom. The van der Waals surface area contributed by atoms with E-state index >= 15 is 0 Å². The summed E-state index contributed by atoms with van der Waals surface area (Å²) >= 11 is 12.4. The maximum atomic E-state index is 9.57. The molecule has 0 amide bonds. The van der Waals surface area contributed by atoms with Gasteiger partial charge in [-0.2, -0.15) is 0 Å². The molecule has 0 aromatic heterocycles. The van der Waals surface area contributed by atoms with E-state index in [2.05, 4.69) is 10.4 Å². The van der Waals surface area contributed by atoms with Gasteiger partial charge >= 0.3 is 0 Å². The second kappa shape index (κ2) is 5.81. The molecule has 0 aromatic carbocycles. The molecular weight excluding hydrogens is 331 g/mol. The van der Waals surface area contributed by atoms with Crippen molar-refractivity contribution in [3.05, 3.63) is 10.9 Å². The van der Waals surface area contributed by atoms with E-state index in [4.69, 9.17) is 38.4 Å². The van der Waals surface area contributed by atoms with Crippen molar-refractivity contribution in [2.24, 2.45) is 16.6 Å². The van der Waals surface area contributed by atoms with Crippen LogP contribution < -0.4 is 11.2 Å². The SMILES string of the molecule is CC1(C)O[C@@H]2[C@@H](CO)C[C@@H](NN3C(Cl)=C(N)C=NC3Cl)[C@@H]2O1. The molecule has 1 unspecified atom stereocenters. The molecule has 0 aromatic rings. The number of aliphatic hydroxyl groups is 1. The molecule has 9 heteroatoms. The minimum absolute atomic E-state index is 0.00792. The molecule has 7 nitrogen and oxygen atoms in total. The molecule has 124 valence electrons. The summed E-state index contributed by atoms with van der Waals surface area (Å²) in [5.74, 6) is -0.686. The molecule has 22 heavy (non-hydrogen) atoms. The van der Waals surface area contributed by atoms with Gasteiger partial charge < -0.3 is 20.3 Å². The van der Waals surface area contributed by atoms with Gasteiger partial charge in [-0.05, 0) is 20.3 Å². The van der Waals surface area contributed by atoms with Gasteiger partial charge in [0.15, 0.2) is 5.79 Å². The summed E-state index contributed by atoms with van der Waals surface area (Å²) in [4.78, 5) is 4.05. The van der Waals surface area contributed by atoms with Crippen molar-refractivity contribution < 1.29 is 14.6 Å². The maximum absolute atomic E-state index is 9.57. The van der Waals surface area contributed by atoms with Gasteiger partial charge in [-0.3, -0.25) is 5.01 Å². The highest BCUT2D eigenvalue weighted by molar-refractivity contribution is 6.32. The number of hydrogen-bond donors (Lipinski definition) is 3. The van der Waals surface area contributed by atoms with Crippen molar-refractivity contribution in [3.63, 3.8) is 0 Å². The van der Waals surface area contributed by atoms with Gasteiger partial charge in [0.05, 0.1) is 24.1 Å². The fourth-order valence-electron chi connectivity index (χ4n) is 3.18. The fourth-order valence-corrected chi connectivity index (χ4v) is 3.63. The summed E-state index contributed by atoms with van der Waals surface area (Å²) < 4.78 is 11.9. The lowest BCUT2D eigenvalue weighted by Gasteiger charge is -2.34. The number of aliphatic hydroxyl groups excluding tert-OH is 1.